The molecule has 17 heavy (non-hydrogen) atoms. The zero-order valence-electron chi connectivity index (χ0n) is 8.82. The lowest BCUT2D eigenvalue weighted by molar-refractivity contribution is 1.13. The van der Waals surface area contributed by atoms with Crippen molar-refractivity contribution in [3.63, 3.8) is 0 Å². The van der Waals surface area contributed by atoms with Crippen LogP contribution in [0.5, 0.6) is 0 Å². The van der Waals surface area contributed by atoms with Crippen LogP contribution in [0.1, 0.15) is 0 Å². The third kappa shape index (κ3) is 1.82. The predicted octanol–water partition coefficient (Wildman–Crippen LogP) is 4.74. The Hall–Kier alpha value is -1.44. The van der Waals surface area contributed by atoms with E-state index < -0.39 is 0 Å². The number of aromatic nitrogens is 1. The molecule has 0 unspecified atom stereocenters. The van der Waals surface area contributed by atoms with Gasteiger partial charge in [0.05, 0.1) is 16.2 Å². The van der Waals surface area contributed by atoms with Gasteiger partial charge in [-0.2, -0.15) is 0 Å². The van der Waals surface area contributed by atoms with Gasteiger partial charge in [0, 0.05) is 16.6 Å². The minimum atomic E-state index is 0.642. The molecule has 83 valence electrons. The fraction of sp³-hybridized carbons (Fsp3) is 0. The van der Waals surface area contributed by atoms with Crippen LogP contribution in [-0.4, -0.2) is 4.57 Å². The average molecular weight is 261 g/mol. The average Bonchev–Trinajstić information content (AvgIpc) is 2.73. The van der Waals surface area contributed by atoms with E-state index in [2.05, 4.69) is 6.07 Å². The van der Waals surface area contributed by atoms with Crippen molar-refractivity contribution in [2.75, 3.05) is 0 Å². The van der Waals surface area contributed by atoms with Gasteiger partial charge in [-0.15, -0.1) is 0 Å². The van der Waals surface area contributed by atoms with Crippen LogP contribution in [0.25, 0.3) is 16.6 Å². The van der Waals surface area contributed by atoms with E-state index in [1.165, 1.54) is 0 Å². The summed E-state index contributed by atoms with van der Waals surface area (Å²) in [5.74, 6) is 0. The van der Waals surface area contributed by atoms with Crippen LogP contribution in [0, 0.1) is 6.07 Å². The molecule has 0 spiro atoms. The van der Waals surface area contributed by atoms with E-state index in [-0.39, 0.29) is 0 Å². The van der Waals surface area contributed by atoms with Crippen LogP contribution < -0.4 is 0 Å². The second-order valence-corrected chi connectivity index (χ2v) is 4.61. The normalized spacial score (nSPS) is 10.9. The van der Waals surface area contributed by atoms with Crippen molar-refractivity contribution >= 4 is 34.1 Å². The lowest BCUT2D eigenvalue weighted by atomic mass is 10.2. The maximum absolute atomic E-state index is 6.21. The number of rotatable bonds is 1. The van der Waals surface area contributed by atoms with E-state index in [1.807, 2.05) is 47.2 Å². The Balaban J connectivity index is 2.27. The van der Waals surface area contributed by atoms with E-state index in [0.717, 1.165) is 16.6 Å². The Bertz CT molecular complexity index is 686. The summed E-state index contributed by atoms with van der Waals surface area (Å²) in [6, 6.07) is 16.5. The van der Waals surface area contributed by atoms with Gasteiger partial charge in [-0.25, -0.2) is 0 Å². The Morgan fingerprint density at radius 1 is 1.06 bits per heavy atom. The molecule has 0 saturated heterocycles. The van der Waals surface area contributed by atoms with Gasteiger partial charge in [0.25, 0.3) is 0 Å². The molecule has 0 aliphatic carbocycles. The number of benzene rings is 2. The highest BCUT2D eigenvalue weighted by molar-refractivity contribution is 6.35. The summed E-state index contributed by atoms with van der Waals surface area (Å²) in [4.78, 5) is 0. The lowest BCUT2D eigenvalue weighted by Gasteiger charge is -2.07. The van der Waals surface area contributed by atoms with Gasteiger partial charge in [-0.05, 0) is 42.5 Å². The quantitative estimate of drug-likeness (QED) is 0.596. The van der Waals surface area contributed by atoms with Crippen molar-refractivity contribution in [2.24, 2.45) is 0 Å². The second kappa shape index (κ2) is 4.10. The zero-order chi connectivity index (χ0) is 11.8. The van der Waals surface area contributed by atoms with Crippen molar-refractivity contribution in [1.82, 2.24) is 4.57 Å². The molecule has 1 radical (unpaired) electrons. The summed E-state index contributed by atoms with van der Waals surface area (Å²) in [5, 5.41) is 2.42. The van der Waals surface area contributed by atoms with Crippen molar-refractivity contribution in [3.05, 3.63) is 64.8 Å². The number of hydrogen-bond acceptors (Lipinski definition) is 0. The van der Waals surface area contributed by atoms with Crippen molar-refractivity contribution in [1.29, 1.82) is 0 Å². The molecule has 0 aliphatic rings. The summed E-state index contributed by atoms with van der Waals surface area (Å²) in [7, 11) is 0. The highest BCUT2D eigenvalue weighted by Crippen LogP contribution is 2.27. The molecule has 3 aromatic rings. The van der Waals surface area contributed by atoms with Gasteiger partial charge in [-0.3, -0.25) is 0 Å². The van der Waals surface area contributed by atoms with Gasteiger partial charge in [0.1, 0.15) is 0 Å². The minimum absolute atomic E-state index is 0.642. The van der Waals surface area contributed by atoms with Crippen LogP contribution >= 0.6 is 23.2 Å². The Morgan fingerprint density at radius 2 is 1.94 bits per heavy atom. The predicted molar refractivity (Wildman–Crippen MR) is 72.1 cm³/mol. The molecule has 3 rings (SSSR count). The molecule has 1 heterocycles. The molecule has 0 fully saturated rings. The van der Waals surface area contributed by atoms with E-state index in [4.69, 9.17) is 23.2 Å². The number of nitrogens with zero attached hydrogens (tertiary/aromatic N) is 1. The Labute approximate surface area is 109 Å². The van der Waals surface area contributed by atoms with Crippen LogP contribution in [0.2, 0.25) is 10.0 Å². The molecule has 0 N–H and O–H groups in total. The monoisotopic (exact) mass is 260 g/mol. The molecule has 2 aromatic carbocycles. The standard InChI is InChI=1S/C14H8Cl2N/c15-11-5-6-14(12(16)9-11)17-8-7-10-3-1-2-4-13(10)17/h2-9H. The summed E-state index contributed by atoms with van der Waals surface area (Å²) in [6.45, 7) is 0. The lowest BCUT2D eigenvalue weighted by Crippen LogP contribution is -1.92. The molecule has 0 aliphatic heterocycles. The molecular weight excluding hydrogens is 253 g/mol. The van der Waals surface area contributed by atoms with Gasteiger partial charge in [0.15, 0.2) is 0 Å². The first kappa shape index (κ1) is 10.7. The smallest absolute Gasteiger partial charge is 0.0661 e. The maximum Gasteiger partial charge on any atom is 0.0661 e. The third-order valence-corrected chi connectivity index (χ3v) is 3.24. The first-order valence-electron chi connectivity index (χ1n) is 5.18. The molecule has 0 saturated carbocycles. The summed E-state index contributed by atoms with van der Waals surface area (Å²) in [6.07, 6.45) is 1.99. The maximum atomic E-state index is 6.21. The SMILES string of the molecule is Clc1ccc(-n2ccc3c[c]ccc32)c(Cl)c1. The van der Waals surface area contributed by atoms with Gasteiger partial charge in [-0.1, -0.05) is 29.3 Å². The summed E-state index contributed by atoms with van der Waals surface area (Å²) >= 11 is 12.1. The Morgan fingerprint density at radius 3 is 2.76 bits per heavy atom. The largest absolute Gasteiger partial charge is 0.315 e. The molecule has 1 aromatic heterocycles. The van der Waals surface area contributed by atoms with Crippen LogP contribution in [0.15, 0.2) is 48.7 Å². The van der Waals surface area contributed by atoms with Gasteiger partial charge < -0.3 is 4.57 Å². The number of hydrogen-bond donors (Lipinski definition) is 0. The molecule has 0 atom stereocenters. The first-order valence-corrected chi connectivity index (χ1v) is 5.94. The highest BCUT2D eigenvalue weighted by Gasteiger charge is 2.06. The van der Waals surface area contributed by atoms with Crippen molar-refractivity contribution in [3.8, 4) is 5.69 Å². The Kier molecular flexibility index (Phi) is 2.58. The fourth-order valence-electron chi connectivity index (χ4n) is 1.91. The molecular formula is C14H8Cl2N. The van der Waals surface area contributed by atoms with Crippen LogP contribution in [0.4, 0.5) is 0 Å². The third-order valence-electron chi connectivity index (χ3n) is 2.70. The summed E-state index contributed by atoms with van der Waals surface area (Å²) in [5.41, 5.74) is 2.03. The van der Waals surface area contributed by atoms with Crippen LogP contribution in [-0.2, 0) is 0 Å². The number of fused-ring (bicyclic) bond motifs is 1. The van der Waals surface area contributed by atoms with Crippen LogP contribution in [0.3, 0.4) is 0 Å². The second-order valence-electron chi connectivity index (χ2n) is 3.77. The van der Waals surface area contributed by atoms with E-state index in [9.17, 15) is 0 Å². The van der Waals surface area contributed by atoms with Gasteiger partial charge >= 0.3 is 0 Å². The molecule has 3 heteroatoms. The van der Waals surface area contributed by atoms with E-state index in [1.54, 1.807) is 6.07 Å². The minimum Gasteiger partial charge on any atom is -0.315 e. The highest BCUT2D eigenvalue weighted by atomic mass is 35.5. The van der Waals surface area contributed by atoms with Crippen molar-refractivity contribution < 1.29 is 0 Å². The van der Waals surface area contributed by atoms with Crippen molar-refractivity contribution in [2.45, 2.75) is 0 Å². The van der Waals surface area contributed by atoms with E-state index >= 15 is 0 Å². The van der Waals surface area contributed by atoms with E-state index in [0.29, 0.717) is 10.0 Å². The first-order chi connectivity index (χ1) is 8.25. The topological polar surface area (TPSA) is 4.93 Å². The molecule has 0 bridgehead atoms. The summed E-state index contributed by atoms with van der Waals surface area (Å²) < 4.78 is 2.04. The fourth-order valence-corrected chi connectivity index (χ4v) is 2.41. The van der Waals surface area contributed by atoms with Gasteiger partial charge in [0.2, 0.25) is 0 Å². The zero-order valence-corrected chi connectivity index (χ0v) is 10.3. The molecule has 0 amide bonds. The molecule has 1 nitrogen and oxygen atoms in total. The number of halogens is 2.